The Bertz CT molecular complexity index is 112. The molecule has 12 heavy (non-hydrogen) atoms. The lowest BCUT2D eigenvalue weighted by atomic mass is 9.84. The van der Waals surface area contributed by atoms with Crippen molar-refractivity contribution in [3.63, 3.8) is 0 Å². The topological polar surface area (TPSA) is 0 Å². The summed E-state index contributed by atoms with van der Waals surface area (Å²) in [6.45, 7) is 4.66. The Morgan fingerprint density at radius 1 is 1.17 bits per heavy atom. The first-order valence-corrected chi connectivity index (χ1v) is 6.24. The zero-order chi connectivity index (χ0) is 8.97. The van der Waals surface area contributed by atoms with Gasteiger partial charge in [0, 0.05) is 4.83 Å². The molecule has 0 bridgehead atoms. The Balaban J connectivity index is 2.09. The molecular weight excluding hydrogens is 212 g/mol. The van der Waals surface area contributed by atoms with Crippen molar-refractivity contribution >= 4 is 15.9 Å². The normalized spacial score (nSPS) is 31.0. The average Bonchev–Trinajstić information content (AvgIpc) is 2.03. The first-order chi connectivity index (χ1) is 5.68. The number of halogens is 1. The zero-order valence-corrected chi connectivity index (χ0v) is 9.94. The van der Waals surface area contributed by atoms with Gasteiger partial charge in [0.05, 0.1) is 0 Å². The standard InChI is InChI=1S/C11H21Br/c1-9(2)3-4-10-5-7-11(12)8-6-10/h9-11H,3-8H2,1-2H3. The van der Waals surface area contributed by atoms with Gasteiger partial charge in [0.25, 0.3) is 0 Å². The van der Waals surface area contributed by atoms with E-state index in [9.17, 15) is 0 Å². The molecule has 0 heterocycles. The monoisotopic (exact) mass is 232 g/mol. The summed E-state index contributed by atoms with van der Waals surface area (Å²) in [5, 5.41) is 0. The van der Waals surface area contributed by atoms with E-state index in [-0.39, 0.29) is 0 Å². The molecule has 1 aliphatic rings. The van der Waals surface area contributed by atoms with Crippen molar-refractivity contribution in [1.29, 1.82) is 0 Å². The highest BCUT2D eigenvalue weighted by molar-refractivity contribution is 9.09. The van der Waals surface area contributed by atoms with Crippen molar-refractivity contribution in [2.24, 2.45) is 11.8 Å². The highest BCUT2D eigenvalue weighted by Gasteiger charge is 2.18. The molecule has 1 aliphatic carbocycles. The van der Waals surface area contributed by atoms with E-state index < -0.39 is 0 Å². The van der Waals surface area contributed by atoms with Gasteiger partial charge in [-0.15, -0.1) is 0 Å². The summed E-state index contributed by atoms with van der Waals surface area (Å²) in [6, 6.07) is 0. The van der Waals surface area contributed by atoms with Crippen molar-refractivity contribution in [1.82, 2.24) is 0 Å². The van der Waals surface area contributed by atoms with Crippen LogP contribution in [0.4, 0.5) is 0 Å². The molecule has 0 unspecified atom stereocenters. The van der Waals surface area contributed by atoms with E-state index in [4.69, 9.17) is 0 Å². The van der Waals surface area contributed by atoms with E-state index in [1.54, 1.807) is 0 Å². The van der Waals surface area contributed by atoms with E-state index in [0.29, 0.717) is 0 Å². The first-order valence-electron chi connectivity index (χ1n) is 5.32. The smallest absolute Gasteiger partial charge is 0.0146 e. The van der Waals surface area contributed by atoms with Crippen LogP contribution in [-0.4, -0.2) is 4.83 Å². The van der Waals surface area contributed by atoms with Gasteiger partial charge in [-0.2, -0.15) is 0 Å². The Kier molecular flexibility index (Phi) is 4.63. The van der Waals surface area contributed by atoms with Crippen molar-refractivity contribution in [3.05, 3.63) is 0 Å². The van der Waals surface area contributed by atoms with Crippen LogP contribution in [0.25, 0.3) is 0 Å². The fourth-order valence-corrected chi connectivity index (χ4v) is 2.51. The Labute approximate surface area is 85.3 Å². The van der Waals surface area contributed by atoms with Crippen LogP contribution in [0.3, 0.4) is 0 Å². The summed E-state index contributed by atoms with van der Waals surface area (Å²) in [4.78, 5) is 0.827. The lowest BCUT2D eigenvalue weighted by Gasteiger charge is -2.25. The molecule has 0 nitrogen and oxygen atoms in total. The van der Waals surface area contributed by atoms with Crippen LogP contribution >= 0.6 is 15.9 Å². The first kappa shape index (κ1) is 10.6. The quantitative estimate of drug-likeness (QED) is 0.634. The molecule has 0 amide bonds. The Morgan fingerprint density at radius 3 is 2.25 bits per heavy atom. The molecule has 0 atom stereocenters. The van der Waals surface area contributed by atoms with E-state index in [1.165, 1.54) is 38.5 Å². The van der Waals surface area contributed by atoms with Crippen LogP contribution < -0.4 is 0 Å². The summed E-state index contributed by atoms with van der Waals surface area (Å²) in [6.07, 6.45) is 8.63. The van der Waals surface area contributed by atoms with Gasteiger partial charge in [0.2, 0.25) is 0 Å². The molecule has 0 radical (unpaired) electrons. The van der Waals surface area contributed by atoms with E-state index >= 15 is 0 Å². The summed E-state index contributed by atoms with van der Waals surface area (Å²) in [5.74, 6) is 1.94. The Hall–Kier alpha value is 0.480. The van der Waals surface area contributed by atoms with Crippen LogP contribution in [0.1, 0.15) is 52.4 Å². The molecule has 0 aromatic rings. The maximum Gasteiger partial charge on any atom is 0.0146 e. The molecule has 0 N–H and O–H groups in total. The minimum atomic E-state index is 0.827. The van der Waals surface area contributed by atoms with Crippen molar-refractivity contribution < 1.29 is 0 Å². The van der Waals surface area contributed by atoms with Gasteiger partial charge in [-0.05, 0) is 37.5 Å². The third kappa shape index (κ3) is 3.93. The molecule has 1 heteroatoms. The summed E-state index contributed by atoms with van der Waals surface area (Å²) in [5.41, 5.74) is 0. The van der Waals surface area contributed by atoms with Gasteiger partial charge in [-0.25, -0.2) is 0 Å². The number of hydrogen-bond donors (Lipinski definition) is 0. The van der Waals surface area contributed by atoms with Crippen LogP contribution in [0.2, 0.25) is 0 Å². The predicted octanol–water partition coefficient (Wildman–Crippen LogP) is 4.38. The van der Waals surface area contributed by atoms with Gasteiger partial charge in [0.1, 0.15) is 0 Å². The molecule has 0 saturated heterocycles. The van der Waals surface area contributed by atoms with Gasteiger partial charge >= 0.3 is 0 Å². The lowest BCUT2D eigenvalue weighted by molar-refractivity contribution is 0.324. The summed E-state index contributed by atoms with van der Waals surface area (Å²) < 4.78 is 0. The fourth-order valence-electron chi connectivity index (χ4n) is 1.98. The molecule has 1 fully saturated rings. The molecule has 1 saturated carbocycles. The van der Waals surface area contributed by atoms with Crippen LogP contribution in [0.5, 0.6) is 0 Å². The second-order valence-electron chi connectivity index (χ2n) is 4.59. The second-order valence-corrected chi connectivity index (χ2v) is 5.88. The van der Waals surface area contributed by atoms with Gasteiger partial charge < -0.3 is 0 Å². The van der Waals surface area contributed by atoms with Crippen LogP contribution in [0, 0.1) is 11.8 Å². The SMILES string of the molecule is CC(C)CCC1CCC(Br)CC1. The number of hydrogen-bond acceptors (Lipinski definition) is 0. The van der Waals surface area contributed by atoms with Crippen molar-refractivity contribution in [3.8, 4) is 0 Å². The largest absolute Gasteiger partial charge is 0.0891 e. The molecule has 72 valence electrons. The van der Waals surface area contributed by atoms with Gasteiger partial charge in [0.15, 0.2) is 0 Å². The molecular formula is C11H21Br. The highest BCUT2D eigenvalue weighted by Crippen LogP contribution is 2.31. The number of alkyl halides is 1. The molecule has 1 rings (SSSR count). The van der Waals surface area contributed by atoms with E-state index in [0.717, 1.165) is 16.7 Å². The molecule has 0 aliphatic heterocycles. The third-order valence-electron chi connectivity index (χ3n) is 2.93. The second kappa shape index (κ2) is 5.26. The molecule has 0 aromatic carbocycles. The van der Waals surface area contributed by atoms with Crippen molar-refractivity contribution in [2.45, 2.75) is 57.2 Å². The lowest BCUT2D eigenvalue weighted by Crippen LogP contribution is -2.14. The maximum atomic E-state index is 3.70. The van der Waals surface area contributed by atoms with E-state index in [1.807, 2.05) is 0 Å². The summed E-state index contributed by atoms with van der Waals surface area (Å²) in [7, 11) is 0. The number of rotatable bonds is 3. The van der Waals surface area contributed by atoms with Gasteiger partial charge in [-0.1, -0.05) is 42.6 Å². The van der Waals surface area contributed by atoms with Crippen LogP contribution in [0.15, 0.2) is 0 Å². The Morgan fingerprint density at radius 2 is 1.75 bits per heavy atom. The van der Waals surface area contributed by atoms with Gasteiger partial charge in [-0.3, -0.25) is 0 Å². The predicted molar refractivity (Wildman–Crippen MR) is 58.7 cm³/mol. The maximum absolute atomic E-state index is 3.70. The molecule has 0 aromatic heterocycles. The van der Waals surface area contributed by atoms with Crippen LogP contribution in [-0.2, 0) is 0 Å². The third-order valence-corrected chi connectivity index (χ3v) is 3.84. The van der Waals surface area contributed by atoms with Crippen molar-refractivity contribution in [2.75, 3.05) is 0 Å². The summed E-state index contributed by atoms with van der Waals surface area (Å²) >= 11 is 3.70. The highest BCUT2D eigenvalue weighted by atomic mass is 79.9. The fraction of sp³-hybridized carbons (Fsp3) is 1.00. The average molecular weight is 233 g/mol. The minimum absolute atomic E-state index is 0.827. The zero-order valence-electron chi connectivity index (χ0n) is 8.35. The molecule has 0 spiro atoms. The van der Waals surface area contributed by atoms with E-state index in [2.05, 4.69) is 29.8 Å². The minimum Gasteiger partial charge on any atom is -0.0891 e.